The number of rotatable bonds is 6. The van der Waals surface area contributed by atoms with Gasteiger partial charge in [0.15, 0.2) is 0 Å². The van der Waals surface area contributed by atoms with Crippen molar-refractivity contribution in [1.29, 1.82) is 0 Å². The van der Waals surface area contributed by atoms with Crippen molar-refractivity contribution in [3.05, 3.63) is 12.4 Å². The molecule has 1 aliphatic rings. The Hall–Kier alpha value is -1.07. The molecule has 2 rings (SSSR count). The lowest BCUT2D eigenvalue weighted by Gasteiger charge is -2.09. The smallest absolute Gasteiger partial charge is 0.0748 e. The maximum absolute atomic E-state index is 5.54. The molecule has 1 aromatic rings. The molecule has 1 saturated heterocycles. The molecule has 1 unspecified atom stereocenters. The molecule has 0 radical (unpaired) electrons. The van der Waals surface area contributed by atoms with E-state index >= 15 is 0 Å². The molecule has 5 heteroatoms. The van der Waals surface area contributed by atoms with E-state index in [4.69, 9.17) is 9.47 Å². The number of hydrogen-bond acceptors (Lipinski definition) is 4. The minimum atomic E-state index is 0.363. The van der Waals surface area contributed by atoms with Crippen LogP contribution in [-0.4, -0.2) is 42.8 Å². The summed E-state index contributed by atoms with van der Waals surface area (Å²) in [7, 11) is 1.69. The van der Waals surface area contributed by atoms with Gasteiger partial charge in [0, 0.05) is 26.5 Å². The summed E-state index contributed by atoms with van der Waals surface area (Å²) in [5.41, 5.74) is 1.05. The van der Waals surface area contributed by atoms with Gasteiger partial charge in [-0.15, -0.1) is 0 Å². The number of hydrogen-bond donors (Lipinski definition) is 1. The van der Waals surface area contributed by atoms with Crippen LogP contribution in [0.1, 0.15) is 12.8 Å². The summed E-state index contributed by atoms with van der Waals surface area (Å²) < 4.78 is 12.4. The number of ether oxygens (including phenoxy) is 2. The standard InChI is InChI=1S/C11H19N3O2/c1-15-6-4-14-9-10(7-13-14)12-8-11-3-2-5-16-11/h7,9,11-12H,2-6,8H2,1H3. The lowest BCUT2D eigenvalue weighted by atomic mass is 10.2. The van der Waals surface area contributed by atoms with Gasteiger partial charge in [-0.2, -0.15) is 5.10 Å². The minimum absolute atomic E-state index is 0.363. The first-order chi connectivity index (χ1) is 7.88. The monoisotopic (exact) mass is 225 g/mol. The molecule has 0 spiro atoms. The van der Waals surface area contributed by atoms with E-state index in [1.165, 1.54) is 6.42 Å². The molecule has 0 amide bonds. The van der Waals surface area contributed by atoms with Crippen LogP contribution in [-0.2, 0) is 16.0 Å². The van der Waals surface area contributed by atoms with Crippen LogP contribution in [0.5, 0.6) is 0 Å². The van der Waals surface area contributed by atoms with Crippen molar-refractivity contribution >= 4 is 5.69 Å². The highest BCUT2D eigenvalue weighted by atomic mass is 16.5. The highest BCUT2D eigenvalue weighted by molar-refractivity contribution is 5.38. The van der Waals surface area contributed by atoms with Crippen LogP contribution in [0.2, 0.25) is 0 Å². The molecule has 1 aromatic heterocycles. The zero-order valence-corrected chi connectivity index (χ0v) is 9.69. The molecule has 0 saturated carbocycles. The summed E-state index contributed by atoms with van der Waals surface area (Å²) in [6, 6.07) is 0. The number of nitrogens with one attached hydrogen (secondary N) is 1. The Morgan fingerprint density at radius 3 is 3.38 bits per heavy atom. The van der Waals surface area contributed by atoms with Crippen LogP contribution >= 0.6 is 0 Å². The van der Waals surface area contributed by atoms with E-state index in [0.29, 0.717) is 12.7 Å². The topological polar surface area (TPSA) is 48.3 Å². The first-order valence-corrected chi connectivity index (χ1v) is 5.75. The lowest BCUT2D eigenvalue weighted by Crippen LogP contribution is -2.18. The van der Waals surface area contributed by atoms with Gasteiger partial charge in [0.05, 0.1) is 31.1 Å². The molecule has 16 heavy (non-hydrogen) atoms. The SMILES string of the molecule is COCCn1cc(NCC2CCCO2)cn1. The number of nitrogens with zero attached hydrogens (tertiary/aromatic N) is 2. The number of anilines is 1. The van der Waals surface area contributed by atoms with Crippen LogP contribution in [0.3, 0.4) is 0 Å². The number of methoxy groups -OCH3 is 1. The highest BCUT2D eigenvalue weighted by Crippen LogP contribution is 2.13. The summed E-state index contributed by atoms with van der Waals surface area (Å²) in [6.45, 7) is 3.25. The molecule has 1 fully saturated rings. The van der Waals surface area contributed by atoms with Crippen LogP contribution in [0, 0.1) is 0 Å². The van der Waals surface area contributed by atoms with Crippen molar-refractivity contribution in [2.24, 2.45) is 0 Å². The maximum Gasteiger partial charge on any atom is 0.0748 e. The quantitative estimate of drug-likeness (QED) is 0.788. The third-order valence-electron chi connectivity index (χ3n) is 2.72. The Balaban J connectivity index is 1.73. The Kier molecular flexibility index (Phi) is 4.18. The Bertz CT molecular complexity index is 308. The van der Waals surface area contributed by atoms with E-state index in [9.17, 15) is 0 Å². The van der Waals surface area contributed by atoms with E-state index in [1.54, 1.807) is 7.11 Å². The van der Waals surface area contributed by atoms with E-state index in [2.05, 4.69) is 10.4 Å². The predicted octanol–water partition coefficient (Wildman–Crippen LogP) is 1.12. The summed E-state index contributed by atoms with van der Waals surface area (Å²) >= 11 is 0. The second-order valence-electron chi connectivity index (χ2n) is 4.00. The molecule has 5 nitrogen and oxygen atoms in total. The van der Waals surface area contributed by atoms with Crippen molar-refractivity contribution in [1.82, 2.24) is 9.78 Å². The fourth-order valence-electron chi connectivity index (χ4n) is 1.80. The van der Waals surface area contributed by atoms with Crippen molar-refractivity contribution in [3.8, 4) is 0 Å². The average Bonchev–Trinajstić information content (AvgIpc) is 2.95. The van der Waals surface area contributed by atoms with Crippen molar-refractivity contribution in [3.63, 3.8) is 0 Å². The molecule has 90 valence electrons. The van der Waals surface area contributed by atoms with Gasteiger partial charge >= 0.3 is 0 Å². The van der Waals surface area contributed by atoms with Gasteiger partial charge in [-0.25, -0.2) is 0 Å². The van der Waals surface area contributed by atoms with E-state index < -0.39 is 0 Å². The Labute approximate surface area is 95.7 Å². The largest absolute Gasteiger partial charge is 0.383 e. The Morgan fingerprint density at radius 1 is 1.69 bits per heavy atom. The maximum atomic E-state index is 5.54. The molecular formula is C11H19N3O2. The predicted molar refractivity (Wildman–Crippen MR) is 61.6 cm³/mol. The van der Waals surface area contributed by atoms with Gasteiger partial charge in [0.1, 0.15) is 0 Å². The second kappa shape index (κ2) is 5.86. The molecule has 2 heterocycles. The Morgan fingerprint density at radius 2 is 2.62 bits per heavy atom. The van der Waals surface area contributed by atoms with Gasteiger partial charge in [0.25, 0.3) is 0 Å². The van der Waals surface area contributed by atoms with Crippen LogP contribution in [0.15, 0.2) is 12.4 Å². The van der Waals surface area contributed by atoms with Crippen molar-refractivity contribution < 1.29 is 9.47 Å². The summed E-state index contributed by atoms with van der Waals surface area (Å²) in [5, 5.41) is 7.57. The number of aromatic nitrogens is 2. The van der Waals surface area contributed by atoms with Gasteiger partial charge in [-0.05, 0) is 12.8 Å². The zero-order chi connectivity index (χ0) is 11.2. The van der Waals surface area contributed by atoms with Crippen molar-refractivity contribution in [2.45, 2.75) is 25.5 Å². The summed E-state index contributed by atoms with van der Waals surface area (Å²) in [6.07, 6.45) is 6.53. The molecule has 1 N–H and O–H groups in total. The molecule has 1 aliphatic heterocycles. The molecule has 1 atom stereocenters. The van der Waals surface area contributed by atoms with Gasteiger partial charge < -0.3 is 14.8 Å². The zero-order valence-electron chi connectivity index (χ0n) is 9.69. The third kappa shape index (κ3) is 3.21. The molecule has 0 aliphatic carbocycles. The molecule has 0 aromatic carbocycles. The van der Waals surface area contributed by atoms with E-state index in [1.807, 2.05) is 17.1 Å². The van der Waals surface area contributed by atoms with E-state index in [-0.39, 0.29) is 0 Å². The first-order valence-electron chi connectivity index (χ1n) is 5.75. The lowest BCUT2D eigenvalue weighted by molar-refractivity contribution is 0.120. The van der Waals surface area contributed by atoms with Gasteiger partial charge in [-0.1, -0.05) is 0 Å². The summed E-state index contributed by atoms with van der Waals surface area (Å²) in [5.74, 6) is 0. The molecule has 0 bridgehead atoms. The average molecular weight is 225 g/mol. The van der Waals surface area contributed by atoms with Gasteiger partial charge in [0.2, 0.25) is 0 Å². The fourth-order valence-corrected chi connectivity index (χ4v) is 1.80. The van der Waals surface area contributed by atoms with Crippen LogP contribution < -0.4 is 5.32 Å². The van der Waals surface area contributed by atoms with Crippen molar-refractivity contribution in [2.75, 3.05) is 32.2 Å². The molecular weight excluding hydrogens is 206 g/mol. The third-order valence-corrected chi connectivity index (χ3v) is 2.72. The second-order valence-corrected chi connectivity index (χ2v) is 4.00. The summed E-state index contributed by atoms with van der Waals surface area (Å²) in [4.78, 5) is 0. The van der Waals surface area contributed by atoms with Gasteiger partial charge in [-0.3, -0.25) is 4.68 Å². The van der Waals surface area contributed by atoms with Crippen LogP contribution in [0.25, 0.3) is 0 Å². The fraction of sp³-hybridized carbons (Fsp3) is 0.727. The first kappa shape index (κ1) is 11.4. The highest BCUT2D eigenvalue weighted by Gasteiger charge is 2.14. The van der Waals surface area contributed by atoms with Crippen LogP contribution in [0.4, 0.5) is 5.69 Å². The normalized spacial score (nSPS) is 20.2. The minimum Gasteiger partial charge on any atom is -0.383 e. The van der Waals surface area contributed by atoms with E-state index in [0.717, 1.165) is 31.8 Å².